The molecule has 1 aliphatic rings. The third-order valence-electron chi connectivity index (χ3n) is 2.81. The average Bonchev–Trinajstić information content (AvgIpc) is 2.46. The summed E-state index contributed by atoms with van der Waals surface area (Å²) in [4.78, 5) is 13.8. The lowest BCUT2D eigenvalue weighted by Crippen LogP contribution is -2.41. The highest BCUT2D eigenvalue weighted by molar-refractivity contribution is 7.80. The number of likely N-dealkylation sites (tertiary alicyclic amines) is 1. The Hall–Kier alpha value is -0.680. The third kappa shape index (κ3) is 2.89. The highest BCUT2D eigenvalue weighted by Gasteiger charge is 2.36. The summed E-state index contributed by atoms with van der Waals surface area (Å²) >= 11 is 4.85. The molecule has 1 aliphatic heterocycles. The Kier molecular flexibility index (Phi) is 3.67. The number of β-amino-alcohol motifs (C(OH)–C–C–N with tert-alkyl or cyclic N) is 1. The lowest BCUT2D eigenvalue weighted by atomic mass is 10.1. The van der Waals surface area contributed by atoms with Crippen molar-refractivity contribution >= 4 is 23.1 Å². The first-order chi connectivity index (χ1) is 6.87. The molecule has 0 saturated carbocycles. The molecule has 0 aromatic heterocycles. The number of rotatable bonds is 3. The van der Waals surface area contributed by atoms with Gasteiger partial charge in [0.1, 0.15) is 0 Å². The summed E-state index contributed by atoms with van der Waals surface area (Å²) in [6.07, 6.45) is 1.24. The van der Waals surface area contributed by atoms with Crippen LogP contribution in [0.4, 0.5) is 0 Å². The molecule has 86 valence electrons. The smallest absolute Gasteiger partial charge is 0.232 e. The van der Waals surface area contributed by atoms with Crippen molar-refractivity contribution < 1.29 is 9.90 Å². The van der Waals surface area contributed by atoms with Crippen molar-refractivity contribution in [3.05, 3.63) is 0 Å². The van der Waals surface area contributed by atoms with Gasteiger partial charge in [-0.15, -0.1) is 0 Å². The van der Waals surface area contributed by atoms with E-state index in [1.807, 2.05) is 6.92 Å². The van der Waals surface area contributed by atoms with Crippen LogP contribution in [0, 0.1) is 5.92 Å². The summed E-state index contributed by atoms with van der Waals surface area (Å²) < 4.78 is 0. The molecule has 1 saturated heterocycles. The summed E-state index contributed by atoms with van der Waals surface area (Å²) in [6.45, 7) is 4.59. The first-order valence-electron chi connectivity index (χ1n) is 5.18. The molecule has 1 rings (SSSR count). The van der Waals surface area contributed by atoms with Crippen LogP contribution in [0.1, 0.15) is 26.7 Å². The second kappa shape index (κ2) is 4.45. The lowest BCUT2D eigenvalue weighted by molar-refractivity contribution is -0.133. The van der Waals surface area contributed by atoms with Crippen LogP contribution < -0.4 is 5.73 Å². The highest BCUT2D eigenvalue weighted by atomic mass is 32.1. The number of hydrogen-bond donors (Lipinski definition) is 2. The van der Waals surface area contributed by atoms with Gasteiger partial charge in [0, 0.05) is 13.1 Å². The standard InChI is InChI=1S/C10H18N2O2S/c1-3-7(8(11)15)9(13)12-5-4-10(2,14)6-12/h7,14H,3-6H2,1-2H3,(H2,11,15). The largest absolute Gasteiger partial charge is 0.393 e. The molecule has 0 spiro atoms. The molecule has 1 amide bonds. The molecular formula is C10H18N2O2S. The molecule has 0 aromatic carbocycles. The minimum Gasteiger partial charge on any atom is -0.393 e. The maximum atomic E-state index is 12.0. The Morgan fingerprint density at radius 2 is 2.33 bits per heavy atom. The summed E-state index contributed by atoms with van der Waals surface area (Å²) in [5, 5.41) is 9.75. The zero-order chi connectivity index (χ0) is 11.6. The fraction of sp³-hybridized carbons (Fsp3) is 0.800. The number of amides is 1. The first-order valence-corrected chi connectivity index (χ1v) is 5.58. The van der Waals surface area contributed by atoms with Gasteiger partial charge < -0.3 is 15.7 Å². The summed E-state index contributed by atoms with van der Waals surface area (Å²) in [5.41, 5.74) is 4.75. The second-order valence-electron chi connectivity index (χ2n) is 4.37. The maximum Gasteiger partial charge on any atom is 0.232 e. The zero-order valence-corrected chi connectivity index (χ0v) is 10.0. The molecule has 0 aromatic rings. The highest BCUT2D eigenvalue weighted by Crippen LogP contribution is 2.22. The monoisotopic (exact) mass is 230 g/mol. The van der Waals surface area contributed by atoms with Gasteiger partial charge in [0.05, 0.1) is 16.5 Å². The van der Waals surface area contributed by atoms with Crippen LogP contribution in [-0.2, 0) is 4.79 Å². The Balaban J connectivity index is 2.65. The van der Waals surface area contributed by atoms with Crippen LogP contribution in [0.15, 0.2) is 0 Å². The fourth-order valence-electron chi connectivity index (χ4n) is 1.85. The Labute approximate surface area is 95.4 Å². The molecule has 2 unspecified atom stereocenters. The molecule has 0 bridgehead atoms. The van der Waals surface area contributed by atoms with Crippen molar-refractivity contribution in [3.8, 4) is 0 Å². The van der Waals surface area contributed by atoms with Crippen LogP contribution in [0.5, 0.6) is 0 Å². The van der Waals surface area contributed by atoms with Crippen molar-refractivity contribution in [1.82, 2.24) is 4.90 Å². The van der Waals surface area contributed by atoms with Crippen LogP contribution in [0.2, 0.25) is 0 Å². The molecule has 0 aliphatic carbocycles. The van der Waals surface area contributed by atoms with E-state index in [0.717, 1.165) is 0 Å². The lowest BCUT2D eigenvalue weighted by Gasteiger charge is -2.23. The number of nitrogens with zero attached hydrogens (tertiary/aromatic N) is 1. The molecule has 5 heteroatoms. The molecule has 0 radical (unpaired) electrons. The van der Waals surface area contributed by atoms with E-state index in [1.165, 1.54) is 0 Å². The third-order valence-corrected chi connectivity index (χ3v) is 3.10. The van der Waals surface area contributed by atoms with Crippen LogP contribution in [0.25, 0.3) is 0 Å². The van der Waals surface area contributed by atoms with Gasteiger partial charge in [-0.2, -0.15) is 0 Å². The van der Waals surface area contributed by atoms with E-state index >= 15 is 0 Å². The van der Waals surface area contributed by atoms with Crippen LogP contribution in [0.3, 0.4) is 0 Å². The number of nitrogens with two attached hydrogens (primary N) is 1. The van der Waals surface area contributed by atoms with Gasteiger partial charge in [-0.3, -0.25) is 4.79 Å². The molecule has 2 atom stereocenters. The maximum absolute atomic E-state index is 12.0. The number of carbonyl (C=O) groups excluding carboxylic acids is 1. The van der Waals surface area contributed by atoms with Crippen LogP contribution in [-0.4, -0.2) is 39.6 Å². The van der Waals surface area contributed by atoms with E-state index in [9.17, 15) is 9.90 Å². The van der Waals surface area contributed by atoms with E-state index in [-0.39, 0.29) is 16.8 Å². The normalized spacial score (nSPS) is 27.8. The van der Waals surface area contributed by atoms with Crippen LogP contribution >= 0.6 is 12.2 Å². The predicted molar refractivity (Wildman–Crippen MR) is 62.4 cm³/mol. The van der Waals surface area contributed by atoms with E-state index in [4.69, 9.17) is 18.0 Å². The fourth-order valence-corrected chi connectivity index (χ4v) is 2.12. The van der Waals surface area contributed by atoms with E-state index in [1.54, 1.807) is 11.8 Å². The van der Waals surface area contributed by atoms with Gasteiger partial charge in [0.25, 0.3) is 0 Å². The minimum absolute atomic E-state index is 0.0530. The Morgan fingerprint density at radius 3 is 2.67 bits per heavy atom. The average molecular weight is 230 g/mol. The minimum atomic E-state index is -0.760. The van der Waals surface area contributed by atoms with Crippen molar-refractivity contribution in [2.24, 2.45) is 11.7 Å². The van der Waals surface area contributed by atoms with E-state index < -0.39 is 5.60 Å². The Bertz CT molecular complexity index is 279. The van der Waals surface area contributed by atoms with E-state index in [0.29, 0.717) is 25.9 Å². The van der Waals surface area contributed by atoms with Crippen molar-refractivity contribution in [3.63, 3.8) is 0 Å². The topological polar surface area (TPSA) is 66.6 Å². The molecule has 1 fully saturated rings. The van der Waals surface area contributed by atoms with Gasteiger partial charge in [-0.05, 0) is 19.8 Å². The van der Waals surface area contributed by atoms with Gasteiger partial charge in [-0.25, -0.2) is 0 Å². The first kappa shape index (κ1) is 12.4. The van der Waals surface area contributed by atoms with Gasteiger partial charge in [0.2, 0.25) is 5.91 Å². The predicted octanol–water partition coefficient (Wildman–Crippen LogP) is 0.282. The molecule has 15 heavy (non-hydrogen) atoms. The summed E-state index contributed by atoms with van der Waals surface area (Å²) in [7, 11) is 0. The van der Waals surface area contributed by atoms with Gasteiger partial charge in [-0.1, -0.05) is 19.1 Å². The van der Waals surface area contributed by atoms with Gasteiger partial charge >= 0.3 is 0 Å². The van der Waals surface area contributed by atoms with Gasteiger partial charge in [0.15, 0.2) is 0 Å². The van der Waals surface area contributed by atoms with E-state index in [2.05, 4.69) is 0 Å². The molecule has 3 N–H and O–H groups in total. The van der Waals surface area contributed by atoms with Crippen molar-refractivity contribution in [2.45, 2.75) is 32.3 Å². The summed E-state index contributed by atoms with van der Waals surface area (Å²) in [6, 6.07) is 0. The second-order valence-corrected chi connectivity index (χ2v) is 4.84. The molecule has 4 nitrogen and oxygen atoms in total. The quantitative estimate of drug-likeness (QED) is 0.684. The molecule has 1 heterocycles. The number of carbonyl (C=O) groups is 1. The number of hydrogen-bond acceptors (Lipinski definition) is 3. The SMILES string of the molecule is CCC(C(=O)N1CCC(C)(O)C1)C(N)=S. The number of thiocarbonyl (C=S) groups is 1. The zero-order valence-electron chi connectivity index (χ0n) is 9.19. The van der Waals surface area contributed by atoms with Crippen molar-refractivity contribution in [1.29, 1.82) is 0 Å². The number of aliphatic hydroxyl groups is 1. The molecular weight excluding hydrogens is 212 g/mol. The Morgan fingerprint density at radius 1 is 1.73 bits per heavy atom. The summed E-state index contributed by atoms with van der Waals surface area (Å²) in [5.74, 6) is -0.434. The van der Waals surface area contributed by atoms with Crippen molar-refractivity contribution in [2.75, 3.05) is 13.1 Å².